The molecule has 1 aromatic heterocycles. The Bertz CT molecular complexity index is 380. The molecule has 0 amide bonds. The van der Waals surface area contributed by atoms with Gasteiger partial charge >= 0.3 is 5.97 Å². The molecule has 0 saturated carbocycles. The fourth-order valence-electron chi connectivity index (χ4n) is 1.16. The Kier molecular flexibility index (Phi) is 11.2. The van der Waals surface area contributed by atoms with Gasteiger partial charge in [-0.2, -0.15) is 0 Å². The third-order valence-electron chi connectivity index (χ3n) is 2.06. The second-order valence-electron chi connectivity index (χ2n) is 3.70. The Labute approximate surface area is 132 Å². The summed E-state index contributed by atoms with van der Waals surface area (Å²) in [5.41, 5.74) is 0. The zero-order valence-corrected chi connectivity index (χ0v) is 13.2. The number of aromatic nitrogens is 1. The smallest absolute Gasteiger partial charge is 0.308 e. The van der Waals surface area contributed by atoms with E-state index >= 15 is 0 Å². The van der Waals surface area contributed by atoms with E-state index in [-0.39, 0.29) is 39.0 Å². The summed E-state index contributed by atoms with van der Waals surface area (Å²) in [4.78, 5) is 15.2. The molecule has 0 atom stereocenters. The molecule has 0 aliphatic rings. The average molecular weight is 333 g/mol. The first-order valence-corrected chi connectivity index (χ1v) is 8.77. The van der Waals surface area contributed by atoms with E-state index in [4.69, 9.17) is 14.6 Å². The molecular weight excluding hydrogens is 314 g/mol. The van der Waals surface area contributed by atoms with Crippen molar-refractivity contribution in [1.82, 2.24) is 4.98 Å². The summed E-state index contributed by atoms with van der Waals surface area (Å²) in [6.07, 6.45) is 1.92. The number of aliphatic hydroxyl groups excluding tert-OH is 1. The van der Waals surface area contributed by atoms with Crippen LogP contribution in [0.15, 0.2) is 29.4 Å². The van der Waals surface area contributed by atoms with E-state index in [0.29, 0.717) is 6.61 Å². The summed E-state index contributed by atoms with van der Waals surface area (Å²) in [7, 11) is 3.26. The number of hydrogen-bond acceptors (Lipinski definition) is 8. The van der Waals surface area contributed by atoms with E-state index in [2.05, 4.69) is 9.72 Å². The van der Waals surface area contributed by atoms with Crippen molar-refractivity contribution in [2.45, 2.75) is 11.4 Å². The summed E-state index contributed by atoms with van der Waals surface area (Å²) < 4.78 is 15.1. The van der Waals surface area contributed by atoms with Gasteiger partial charge in [-0.05, 0) is 22.9 Å². The molecule has 118 valence electrons. The largest absolute Gasteiger partial charge is 0.463 e. The van der Waals surface area contributed by atoms with E-state index in [1.54, 1.807) is 27.8 Å². The van der Waals surface area contributed by atoms with Crippen molar-refractivity contribution >= 4 is 27.6 Å². The zero-order chi connectivity index (χ0) is 15.2. The fourth-order valence-corrected chi connectivity index (χ4v) is 2.90. The quantitative estimate of drug-likeness (QED) is 0.268. The van der Waals surface area contributed by atoms with Gasteiger partial charge in [0.1, 0.15) is 18.4 Å². The standard InChI is InChI=1S/C13H19NO5S2/c15-6-8-19-13(16)4-7-17-11-18-9-10-20-21-12-3-1-2-5-14-12/h1-3,5,15H,4,6-11H2. The topological polar surface area (TPSA) is 77.9 Å². The molecular formula is C13H19NO5S2. The van der Waals surface area contributed by atoms with Crippen LogP contribution in [0, 0.1) is 0 Å². The lowest BCUT2D eigenvalue weighted by molar-refractivity contribution is -0.147. The summed E-state index contributed by atoms with van der Waals surface area (Å²) in [5.74, 6) is 0.440. The number of nitrogens with zero attached hydrogens (tertiary/aromatic N) is 1. The second-order valence-corrected chi connectivity index (χ2v) is 6.14. The second kappa shape index (κ2) is 12.9. The van der Waals surface area contributed by atoms with Crippen LogP contribution in [-0.2, 0) is 19.0 Å². The minimum Gasteiger partial charge on any atom is -0.463 e. The average Bonchev–Trinajstić information content (AvgIpc) is 2.52. The molecule has 0 radical (unpaired) electrons. The molecule has 21 heavy (non-hydrogen) atoms. The highest BCUT2D eigenvalue weighted by Crippen LogP contribution is 2.28. The van der Waals surface area contributed by atoms with Gasteiger partial charge in [-0.15, -0.1) is 0 Å². The van der Waals surface area contributed by atoms with E-state index in [0.717, 1.165) is 10.8 Å². The lowest BCUT2D eigenvalue weighted by Gasteiger charge is -2.05. The van der Waals surface area contributed by atoms with Crippen LogP contribution >= 0.6 is 21.6 Å². The predicted octanol–water partition coefficient (Wildman–Crippen LogP) is 1.74. The summed E-state index contributed by atoms with van der Waals surface area (Å²) in [6.45, 7) is 0.839. The molecule has 0 bridgehead atoms. The molecule has 0 fully saturated rings. The zero-order valence-electron chi connectivity index (χ0n) is 11.6. The summed E-state index contributed by atoms with van der Waals surface area (Å²) in [5, 5.41) is 9.44. The number of carbonyl (C=O) groups excluding carboxylic acids is 1. The number of pyridine rings is 1. The third-order valence-corrected chi connectivity index (χ3v) is 4.29. The molecule has 1 heterocycles. The molecule has 1 N–H and O–H groups in total. The number of aliphatic hydroxyl groups is 1. The molecule has 8 heteroatoms. The van der Waals surface area contributed by atoms with Crippen LogP contribution in [0.2, 0.25) is 0 Å². The van der Waals surface area contributed by atoms with Gasteiger partial charge in [-0.25, -0.2) is 4.98 Å². The van der Waals surface area contributed by atoms with Gasteiger partial charge in [0.2, 0.25) is 0 Å². The van der Waals surface area contributed by atoms with Gasteiger partial charge in [0, 0.05) is 11.9 Å². The lowest BCUT2D eigenvalue weighted by atomic mass is 10.5. The first kappa shape index (κ1) is 18.2. The highest BCUT2D eigenvalue weighted by atomic mass is 33.1. The Morgan fingerprint density at radius 3 is 2.86 bits per heavy atom. The molecule has 0 saturated heterocycles. The summed E-state index contributed by atoms with van der Waals surface area (Å²) >= 11 is 0. The molecule has 0 aromatic carbocycles. The molecule has 0 unspecified atom stereocenters. The Morgan fingerprint density at radius 2 is 2.10 bits per heavy atom. The van der Waals surface area contributed by atoms with E-state index in [1.807, 2.05) is 18.2 Å². The van der Waals surface area contributed by atoms with Crippen LogP contribution in [0.1, 0.15) is 6.42 Å². The van der Waals surface area contributed by atoms with Crippen molar-refractivity contribution < 1.29 is 24.1 Å². The summed E-state index contributed by atoms with van der Waals surface area (Å²) in [6, 6.07) is 5.79. The molecule has 0 aliphatic carbocycles. The van der Waals surface area contributed by atoms with Gasteiger partial charge in [0.25, 0.3) is 0 Å². The lowest BCUT2D eigenvalue weighted by Crippen LogP contribution is -2.12. The fraction of sp³-hybridized carbons (Fsp3) is 0.538. The Balaban J connectivity index is 1.83. The maximum Gasteiger partial charge on any atom is 0.308 e. The minimum atomic E-state index is -0.383. The van der Waals surface area contributed by atoms with Gasteiger partial charge in [-0.3, -0.25) is 4.79 Å². The first-order valence-electron chi connectivity index (χ1n) is 6.45. The van der Waals surface area contributed by atoms with Crippen LogP contribution in [0.4, 0.5) is 0 Å². The van der Waals surface area contributed by atoms with Gasteiger partial charge in [0.05, 0.1) is 26.2 Å². The van der Waals surface area contributed by atoms with E-state index in [1.165, 1.54) is 0 Å². The van der Waals surface area contributed by atoms with Crippen LogP contribution in [-0.4, -0.2) is 55.0 Å². The van der Waals surface area contributed by atoms with Crippen molar-refractivity contribution in [3.63, 3.8) is 0 Å². The molecule has 1 aromatic rings. The van der Waals surface area contributed by atoms with Crippen LogP contribution in [0.5, 0.6) is 0 Å². The Hall–Kier alpha value is -0.800. The van der Waals surface area contributed by atoms with Crippen molar-refractivity contribution in [2.24, 2.45) is 0 Å². The Morgan fingerprint density at radius 1 is 1.24 bits per heavy atom. The number of ether oxygens (including phenoxy) is 3. The van der Waals surface area contributed by atoms with Crippen molar-refractivity contribution in [3.8, 4) is 0 Å². The van der Waals surface area contributed by atoms with Crippen molar-refractivity contribution in [1.29, 1.82) is 0 Å². The van der Waals surface area contributed by atoms with Crippen molar-refractivity contribution in [3.05, 3.63) is 24.4 Å². The molecule has 1 rings (SSSR count). The number of hydrogen-bond donors (Lipinski definition) is 1. The van der Waals surface area contributed by atoms with E-state index in [9.17, 15) is 4.79 Å². The van der Waals surface area contributed by atoms with Crippen LogP contribution < -0.4 is 0 Å². The SMILES string of the molecule is O=C(CCOCOCCSSc1ccccn1)OCCO. The minimum absolute atomic E-state index is 0.0283. The van der Waals surface area contributed by atoms with Gasteiger partial charge in [0.15, 0.2) is 0 Å². The predicted molar refractivity (Wildman–Crippen MR) is 82.0 cm³/mol. The number of rotatable bonds is 12. The number of carbonyl (C=O) groups is 1. The normalized spacial score (nSPS) is 10.5. The van der Waals surface area contributed by atoms with E-state index < -0.39 is 0 Å². The third kappa shape index (κ3) is 10.6. The van der Waals surface area contributed by atoms with Crippen LogP contribution in [0.3, 0.4) is 0 Å². The molecule has 6 nitrogen and oxygen atoms in total. The highest BCUT2D eigenvalue weighted by Gasteiger charge is 2.01. The van der Waals surface area contributed by atoms with Gasteiger partial charge < -0.3 is 19.3 Å². The highest BCUT2D eigenvalue weighted by molar-refractivity contribution is 8.76. The maximum absolute atomic E-state index is 11.0. The van der Waals surface area contributed by atoms with Gasteiger partial charge in [-0.1, -0.05) is 16.9 Å². The maximum atomic E-state index is 11.0. The number of esters is 1. The van der Waals surface area contributed by atoms with Crippen molar-refractivity contribution in [2.75, 3.05) is 39.0 Å². The molecule has 0 spiro atoms. The monoisotopic (exact) mass is 333 g/mol. The van der Waals surface area contributed by atoms with Crippen LogP contribution in [0.25, 0.3) is 0 Å². The molecule has 0 aliphatic heterocycles. The first-order chi connectivity index (χ1) is 10.3.